The highest BCUT2D eigenvalue weighted by atomic mass is 32.2. The van der Waals surface area contributed by atoms with Crippen LogP contribution in [-0.2, 0) is 0 Å². The summed E-state index contributed by atoms with van der Waals surface area (Å²) in [7, 11) is 0. The van der Waals surface area contributed by atoms with Gasteiger partial charge in [-0.3, -0.25) is 0 Å². The van der Waals surface area contributed by atoms with Gasteiger partial charge in [-0.2, -0.15) is 0 Å². The van der Waals surface area contributed by atoms with E-state index in [0.29, 0.717) is 5.75 Å². The Morgan fingerprint density at radius 3 is 3.00 bits per heavy atom. The molecule has 0 saturated heterocycles. The summed E-state index contributed by atoms with van der Waals surface area (Å²) in [6, 6.07) is 0. The van der Waals surface area contributed by atoms with Crippen molar-refractivity contribution in [1.82, 2.24) is 0 Å². The van der Waals surface area contributed by atoms with Gasteiger partial charge in [-0.15, -0.1) is 0 Å². The molecule has 34 valence electrons. The van der Waals surface area contributed by atoms with Crippen LogP contribution in [0.4, 0.5) is 4.39 Å². The van der Waals surface area contributed by atoms with Gasteiger partial charge in [0.25, 0.3) is 0 Å². The zero-order valence-electron chi connectivity index (χ0n) is 3.10. The third-order valence-electron chi connectivity index (χ3n) is 0.531. The second-order valence-corrected chi connectivity index (χ2v) is 1.87. The topological polar surface area (TPSA) is 12.4 Å². The van der Waals surface area contributed by atoms with E-state index in [-0.39, 0.29) is 0 Å². The van der Waals surface area contributed by atoms with Crippen molar-refractivity contribution in [3.8, 4) is 0 Å². The van der Waals surface area contributed by atoms with Gasteiger partial charge in [0.05, 0.1) is 5.75 Å². The predicted molar refractivity (Wildman–Crippen MR) is 25.8 cm³/mol. The minimum absolute atomic E-state index is 0.514. The summed E-state index contributed by atoms with van der Waals surface area (Å²) in [4.78, 5) is 0. The molecule has 6 heavy (non-hydrogen) atoms. The SMILES string of the molecule is FC1C=NSC1. The van der Waals surface area contributed by atoms with Gasteiger partial charge in [0.2, 0.25) is 0 Å². The van der Waals surface area contributed by atoms with Crippen LogP contribution in [0.25, 0.3) is 0 Å². The summed E-state index contributed by atoms with van der Waals surface area (Å²) in [6.45, 7) is 0. The molecule has 0 bridgehead atoms. The number of alkyl halides is 1. The van der Waals surface area contributed by atoms with E-state index in [1.54, 1.807) is 0 Å². The molecule has 0 aliphatic carbocycles. The number of rotatable bonds is 0. The van der Waals surface area contributed by atoms with Crippen molar-refractivity contribution in [3.63, 3.8) is 0 Å². The Morgan fingerprint density at radius 2 is 2.83 bits per heavy atom. The molecule has 1 heterocycles. The molecule has 1 unspecified atom stereocenters. The lowest BCUT2D eigenvalue weighted by molar-refractivity contribution is 0.471. The average Bonchev–Trinajstić information content (AvgIpc) is 1.86. The first-order valence-corrected chi connectivity index (χ1v) is 2.63. The molecule has 0 aromatic carbocycles. The van der Waals surface area contributed by atoms with Gasteiger partial charge >= 0.3 is 0 Å². The summed E-state index contributed by atoms with van der Waals surface area (Å²) in [5.74, 6) is 0.514. The van der Waals surface area contributed by atoms with E-state index in [1.807, 2.05) is 0 Å². The third kappa shape index (κ3) is 0.712. The zero-order valence-corrected chi connectivity index (χ0v) is 3.91. The molecule has 1 aliphatic rings. The van der Waals surface area contributed by atoms with E-state index >= 15 is 0 Å². The predicted octanol–water partition coefficient (Wildman–Crippen LogP) is 1.06. The average molecular weight is 105 g/mol. The van der Waals surface area contributed by atoms with Crippen molar-refractivity contribution in [1.29, 1.82) is 0 Å². The van der Waals surface area contributed by atoms with Crippen molar-refractivity contribution in [2.24, 2.45) is 4.40 Å². The van der Waals surface area contributed by atoms with Gasteiger partial charge in [-0.25, -0.2) is 8.79 Å². The Labute approximate surface area is 39.8 Å². The highest BCUT2D eigenvalue weighted by Gasteiger charge is 2.06. The Balaban J connectivity index is 2.38. The van der Waals surface area contributed by atoms with Crippen LogP contribution in [0.3, 0.4) is 0 Å². The molecule has 0 radical (unpaired) electrons. The Kier molecular flexibility index (Phi) is 1.10. The Bertz CT molecular complexity index is 73.2. The summed E-state index contributed by atoms with van der Waals surface area (Å²) in [5, 5.41) is 0. The first kappa shape index (κ1) is 4.12. The van der Waals surface area contributed by atoms with Crippen LogP contribution < -0.4 is 0 Å². The van der Waals surface area contributed by atoms with Crippen molar-refractivity contribution < 1.29 is 4.39 Å². The summed E-state index contributed by atoms with van der Waals surface area (Å²) in [5.41, 5.74) is 0. The largest absolute Gasteiger partial charge is 0.240 e. The Morgan fingerprint density at radius 1 is 2.00 bits per heavy atom. The standard InChI is InChI=1S/C3H4FNS/c4-3-1-5-6-2-3/h1,3H,2H2. The fraction of sp³-hybridized carbons (Fsp3) is 0.667. The van der Waals surface area contributed by atoms with Gasteiger partial charge in [0.1, 0.15) is 6.17 Å². The van der Waals surface area contributed by atoms with Crippen molar-refractivity contribution >= 4 is 18.2 Å². The number of halogens is 1. The van der Waals surface area contributed by atoms with E-state index in [9.17, 15) is 4.39 Å². The molecule has 1 rings (SSSR count). The lowest BCUT2D eigenvalue weighted by Gasteiger charge is -1.81. The summed E-state index contributed by atoms with van der Waals surface area (Å²) >= 11 is 1.28. The second-order valence-electron chi connectivity index (χ2n) is 1.07. The Hall–Kier alpha value is -0.0500. The van der Waals surface area contributed by atoms with Gasteiger partial charge in [0.15, 0.2) is 0 Å². The molecule has 0 amide bonds. The molecule has 1 atom stereocenters. The zero-order chi connectivity index (χ0) is 4.41. The summed E-state index contributed by atoms with van der Waals surface area (Å²) < 4.78 is 15.3. The molecule has 1 nitrogen and oxygen atoms in total. The lowest BCUT2D eigenvalue weighted by atomic mass is 10.5. The van der Waals surface area contributed by atoms with E-state index in [1.165, 1.54) is 18.2 Å². The quantitative estimate of drug-likeness (QED) is 0.419. The van der Waals surface area contributed by atoms with Gasteiger partial charge < -0.3 is 0 Å². The van der Waals surface area contributed by atoms with Crippen LogP contribution in [0.15, 0.2) is 4.40 Å². The fourth-order valence-electron chi connectivity index (χ4n) is 0.266. The molecule has 0 spiro atoms. The van der Waals surface area contributed by atoms with Crippen molar-refractivity contribution in [2.45, 2.75) is 6.17 Å². The minimum atomic E-state index is -0.782. The van der Waals surface area contributed by atoms with E-state index < -0.39 is 6.17 Å². The first-order chi connectivity index (χ1) is 2.89. The molecule has 0 aromatic heterocycles. The second kappa shape index (κ2) is 1.60. The van der Waals surface area contributed by atoms with Crippen molar-refractivity contribution in [3.05, 3.63) is 0 Å². The smallest absolute Gasteiger partial charge is 0.147 e. The maximum absolute atomic E-state index is 11.8. The monoisotopic (exact) mass is 105 g/mol. The van der Waals surface area contributed by atoms with Gasteiger partial charge in [0, 0.05) is 6.21 Å². The fourth-order valence-corrected chi connectivity index (χ4v) is 0.799. The number of hydrogen-bond acceptors (Lipinski definition) is 2. The van der Waals surface area contributed by atoms with Crippen LogP contribution in [0, 0.1) is 0 Å². The molecule has 0 N–H and O–H groups in total. The first-order valence-electron chi connectivity index (χ1n) is 1.69. The molecular weight excluding hydrogens is 101 g/mol. The van der Waals surface area contributed by atoms with E-state index in [0.717, 1.165) is 0 Å². The van der Waals surface area contributed by atoms with Crippen LogP contribution in [0.2, 0.25) is 0 Å². The van der Waals surface area contributed by atoms with E-state index in [2.05, 4.69) is 4.40 Å². The van der Waals surface area contributed by atoms with Gasteiger partial charge in [-0.1, -0.05) is 0 Å². The lowest BCUT2D eigenvalue weighted by Crippen LogP contribution is -1.96. The number of hydrogen-bond donors (Lipinski definition) is 0. The van der Waals surface area contributed by atoms with Crippen LogP contribution in [0.5, 0.6) is 0 Å². The highest BCUT2D eigenvalue weighted by Crippen LogP contribution is 2.11. The van der Waals surface area contributed by atoms with Crippen LogP contribution in [-0.4, -0.2) is 18.1 Å². The molecule has 3 heteroatoms. The molecular formula is C3H4FNS. The maximum atomic E-state index is 11.8. The van der Waals surface area contributed by atoms with E-state index in [4.69, 9.17) is 0 Å². The number of nitrogens with zero attached hydrogens (tertiary/aromatic N) is 1. The van der Waals surface area contributed by atoms with Gasteiger partial charge in [-0.05, 0) is 11.9 Å². The minimum Gasteiger partial charge on any atom is -0.240 e. The van der Waals surface area contributed by atoms with Crippen LogP contribution in [0.1, 0.15) is 0 Å². The van der Waals surface area contributed by atoms with Crippen LogP contribution >= 0.6 is 11.9 Å². The molecule has 0 aromatic rings. The summed E-state index contributed by atoms with van der Waals surface area (Å²) in [6.07, 6.45) is 0.542. The molecule has 0 saturated carbocycles. The highest BCUT2D eigenvalue weighted by molar-refractivity contribution is 7.98. The third-order valence-corrected chi connectivity index (χ3v) is 1.27. The normalized spacial score (nSPS) is 31.8. The van der Waals surface area contributed by atoms with Crippen molar-refractivity contribution in [2.75, 3.05) is 5.75 Å². The maximum Gasteiger partial charge on any atom is 0.147 e. The molecule has 0 fully saturated rings. The molecule has 1 aliphatic heterocycles.